The first kappa shape index (κ1) is 12.3. The average Bonchev–Trinajstić information content (AvgIpc) is 2.78. The zero-order chi connectivity index (χ0) is 12.3. The minimum atomic E-state index is -0.917. The van der Waals surface area contributed by atoms with Gasteiger partial charge in [-0.3, -0.25) is 9.59 Å². The SMILES string of the molecule is O=C(NC1COCC1C(=O)O)C1CCOCC1. The topological polar surface area (TPSA) is 84.9 Å². The van der Waals surface area contributed by atoms with Crippen molar-refractivity contribution in [2.75, 3.05) is 26.4 Å². The molecule has 0 bridgehead atoms. The second kappa shape index (κ2) is 5.46. The van der Waals surface area contributed by atoms with Crippen molar-refractivity contribution in [3.05, 3.63) is 0 Å². The lowest BCUT2D eigenvalue weighted by Gasteiger charge is -2.24. The highest BCUT2D eigenvalue weighted by Crippen LogP contribution is 2.18. The van der Waals surface area contributed by atoms with Gasteiger partial charge in [0.1, 0.15) is 5.92 Å². The molecule has 0 spiro atoms. The number of rotatable bonds is 3. The molecule has 6 nitrogen and oxygen atoms in total. The van der Waals surface area contributed by atoms with Gasteiger partial charge < -0.3 is 19.9 Å². The van der Waals surface area contributed by atoms with E-state index in [1.807, 2.05) is 0 Å². The first-order chi connectivity index (χ1) is 8.18. The minimum Gasteiger partial charge on any atom is -0.481 e. The van der Waals surface area contributed by atoms with Gasteiger partial charge in [0.2, 0.25) is 5.91 Å². The lowest BCUT2D eigenvalue weighted by Crippen LogP contribution is -2.46. The molecule has 0 radical (unpaired) electrons. The van der Waals surface area contributed by atoms with Crippen molar-refractivity contribution >= 4 is 11.9 Å². The van der Waals surface area contributed by atoms with Crippen molar-refractivity contribution in [3.8, 4) is 0 Å². The molecule has 17 heavy (non-hydrogen) atoms. The van der Waals surface area contributed by atoms with E-state index in [1.54, 1.807) is 0 Å². The molecule has 0 aliphatic carbocycles. The quantitative estimate of drug-likeness (QED) is 0.706. The maximum atomic E-state index is 11.9. The second-order valence-electron chi connectivity index (χ2n) is 4.48. The number of hydrogen-bond donors (Lipinski definition) is 2. The van der Waals surface area contributed by atoms with Crippen LogP contribution in [0.2, 0.25) is 0 Å². The first-order valence-corrected chi connectivity index (χ1v) is 5.87. The van der Waals surface area contributed by atoms with E-state index in [2.05, 4.69) is 5.32 Å². The summed E-state index contributed by atoms with van der Waals surface area (Å²) in [6.45, 7) is 1.66. The predicted molar refractivity (Wildman–Crippen MR) is 57.4 cm³/mol. The molecule has 2 atom stereocenters. The summed E-state index contributed by atoms with van der Waals surface area (Å²) in [6.07, 6.45) is 1.41. The second-order valence-corrected chi connectivity index (χ2v) is 4.48. The van der Waals surface area contributed by atoms with Crippen LogP contribution in [0.25, 0.3) is 0 Å². The smallest absolute Gasteiger partial charge is 0.311 e. The Morgan fingerprint density at radius 2 is 1.82 bits per heavy atom. The number of carboxylic acid groups (broad SMARTS) is 1. The Hall–Kier alpha value is -1.14. The van der Waals surface area contributed by atoms with Crippen LogP contribution >= 0.6 is 0 Å². The standard InChI is InChI=1S/C11H17NO5/c13-10(7-1-3-16-4-2-7)12-9-6-17-5-8(9)11(14)15/h7-9H,1-6H2,(H,12,13)(H,14,15). The van der Waals surface area contributed by atoms with Crippen molar-refractivity contribution in [1.29, 1.82) is 0 Å². The van der Waals surface area contributed by atoms with E-state index in [0.717, 1.165) is 0 Å². The summed E-state index contributed by atoms with van der Waals surface area (Å²) in [7, 11) is 0. The van der Waals surface area contributed by atoms with Gasteiger partial charge in [-0.25, -0.2) is 0 Å². The fraction of sp³-hybridized carbons (Fsp3) is 0.818. The van der Waals surface area contributed by atoms with Gasteiger partial charge in [-0.2, -0.15) is 0 Å². The zero-order valence-corrected chi connectivity index (χ0v) is 9.55. The Bertz CT molecular complexity index is 300. The largest absolute Gasteiger partial charge is 0.481 e. The van der Waals surface area contributed by atoms with Crippen LogP contribution in [-0.2, 0) is 19.1 Å². The predicted octanol–water partition coefficient (Wildman–Crippen LogP) is -0.371. The summed E-state index contributed by atoms with van der Waals surface area (Å²) >= 11 is 0. The number of carboxylic acids is 1. The van der Waals surface area contributed by atoms with Gasteiger partial charge in [-0.05, 0) is 12.8 Å². The van der Waals surface area contributed by atoms with Gasteiger partial charge in [-0.15, -0.1) is 0 Å². The van der Waals surface area contributed by atoms with Crippen LogP contribution in [0, 0.1) is 11.8 Å². The third kappa shape index (κ3) is 2.95. The monoisotopic (exact) mass is 243 g/mol. The number of hydrogen-bond acceptors (Lipinski definition) is 4. The van der Waals surface area contributed by atoms with E-state index in [1.165, 1.54) is 0 Å². The molecule has 2 heterocycles. The van der Waals surface area contributed by atoms with E-state index in [4.69, 9.17) is 14.6 Å². The van der Waals surface area contributed by atoms with E-state index in [-0.39, 0.29) is 25.0 Å². The normalized spacial score (nSPS) is 30.1. The van der Waals surface area contributed by atoms with Crippen LogP contribution in [0.4, 0.5) is 0 Å². The highest BCUT2D eigenvalue weighted by Gasteiger charge is 2.36. The third-order valence-electron chi connectivity index (χ3n) is 3.32. The highest BCUT2D eigenvalue weighted by molar-refractivity contribution is 5.80. The Morgan fingerprint density at radius 1 is 1.12 bits per heavy atom. The molecular formula is C11H17NO5. The highest BCUT2D eigenvalue weighted by atomic mass is 16.5. The van der Waals surface area contributed by atoms with Crippen molar-refractivity contribution in [2.24, 2.45) is 11.8 Å². The molecule has 6 heteroatoms. The lowest BCUT2D eigenvalue weighted by molar-refractivity contribution is -0.142. The van der Waals surface area contributed by atoms with Gasteiger partial charge in [0.15, 0.2) is 0 Å². The van der Waals surface area contributed by atoms with Gasteiger partial charge >= 0.3 is 5.97 Å². The van der Waals surface area contributed by atoms with Gasteiger partial charge in [-0.1, -0.05) is 0 Å². The van der Waals surface area contributed by atoms with E-state index in [0.29, 0.717) is 26.1 Å². The summed E-state index contributed by atoms with van der Waals surface area (Å²) in [4.78, 5) is 22.8. The zero-order valence-electron chi connectivity index (χ0n) is 9.55. The Kier molecular flexibility index (Phi) is 3.96. The molecule has 0 aromatic carbocycles. The van der Waals surface area contributed by atoms with E-state index >= 15 is 0 Å². The number of carbonyl (C=O) groups is 2. The maximum Gasteiger partial charge on any atom is 0.311 e. The van der Waals surface area contributed by atoms with Crippen molar-refractivity contribution in [1.82, 2.24) is 5.32 Å². The summed E-state index contributed by atoms with van der Waals surface area (Å²) in [6, 6.07) is -0.400. The van der Waals surface area contributed by atoms with E-state index < -0.39 is 17.9 Å². The molecule has 0 saturated carbocycles. The van der Waals surface area contributed by atoms with Crippen LogP contribution in [0.3, 0.4) is 0 Å². The molecule has 96 valence electrons. The molecule has 2 N–H and O–H groups in total. The molecule has 2 aliphatic heterocycles. The lowest BCUT2D eigenvalue weighted by atomic mass is 9.97. The number of carbonyl (C=O) groups excluding carboxylic acids is 1. The van der Waals surface area contributed by atoms with Crippen molar-refractivity contribution < 1.29 is 24.2 Å². The summed E-state index contributed by atoms with van der Waals surface area (Å²) < 4.78 is 10.3. The van der Waals surface area contributed by atoms with Crippen molar-refractivity contribution in [2.45, 2.75) is 18.9 Å². The van der Waals surface area contributed by atoms with Gasteiger partial charge in [0.05, 0.1) is 19.3 Å². The maximum absolute atomic E-state index is 11.9. The Morgan fingerprint density at radius 3 is 2.47 bits per heavy atom. The fourth-order valence-electron chi connectivity index (χ4n) is 2.20. The average molecular weight is 243 g/mol. The van der Waals surface area contributed by atoms with Crippen LogP contribution in [0.15, 0.2) is 0 Å². The molecule has 0 aromatic rings. The summed E-state index contributed by atoms with van der Waals surface area (Å²) in [5.41, 5.74) is 0. The number of ether oxygens (including phenoxy) is 2. The molecule has 2 rings (SSSR count). The summed E-state index contributed by atoms with van der Waals surface area (Å²) in [5.74, 6) is -1.67. The first-order valence-electron chi connectivity index (χ1n) is 5.87. The van der Waals surface area contributed by atoms with E-state index in [9.17, 15) is 9.59 Å². The number of amides is 1. The van der Waals surface area contributed by atoms with Crippen LogP contribution < -0.4 is 5.32 Å². The van der Waals surface area contributed by atoms with Gasteiger partial charge in [0, 0.05) is 19.1 Å². The van der Waals surface area contributed by atoms with Crippen molar-refractivity contribution in [3.63, 3.8) is 0 Å². The van der Waals surface area contributed by atoms with Crippen LogP contribution in [0.5, 0.6) is 0 Å². The number of aliphatic carboxylic acids is 1. The third-order valence-corrected chi connectivity index (χ3v) is 3.32. The number of nitrogens with one attached hydrogen (secondary N) is 1. The Balaban J connectivity index is 1.86. The van der Waals surface area contributed by atoms with Crippen LogP contribution in [-0.4, -0.2) is 49.5 Å². The molecule has 0 aromatic heterocycles. The minimum absolute atomic E-state index is 0.0567. The van der Waals surface area contributed by atoms with Crippen LogP contribution in [0.1, 0.15) is 12.8 Å². The Labute approximate surface area is 99.3 Å². The van der Waals surface area contributed by atoms with Gasteiger partial charge in [0.25, 0.3) is 0 Å². The molecule has 2 fully saturated rings. The summed E-state index contributed by atoms with van der Waals surface area (Å²) in [5, 5.41) is 11.7. The molecule has 2 unspecified atom stereocenters. The molecule has 2 aliphatic rings. The molecular weight excluding hydrogens is 226 g/mol. The fourth-order valence-corrected chi connectivity index (χ4v) is 2.20. The molecule has 1 amide bonds. The molecule has 2 saturated heterocycles.